The lowest BCUT2D eigenvalue weighted by Crippen LogP contribution is -2.28. The van der Waals surface area contributed by atoms with Crippen LogP contribution in [0.4, 0.5) is 14.5 Å². The molecule has 0 saturated carbocycles. The summed E-state index contributed by atoms with van der Waals surface area (Å²) < 4.78 is 28.7. The fourth-order valence-electron chi connectivity index (χ4n) is 2.22. The molecule has 3 aromatic rings. The molecule has 3 rings (SSSR count). The van der Waals surface area contributed by atoms with E-state index < -0.39 is 11.6 Å². The van der Waals surface area contributed by atoms with Crippen LogP contribution in [0, 0.1) is 23.0 Å². The Morgan fingerprint density at radius 3 is 2.52 bits per heavy atom. The van der Waals surface area contributed by atoms with Gasteiger partial charge in [0.05, 0.1) is 23.9 Å². The van der Waals surface area contributed by atoms with Crippen LogP contribution in [0.5, 0.6) is 0 Å². The molecule has 0 spiro atoms. The van der Waals surface area contributed by atoms with Crippen molar-refractivity contribution in [3.8, 4) is 6.07 Å². The molecule has 4 nitrogen and oxygen atoms in total. The number of rotatable bonds is 4. The second kappa shape index (κ2) is 6.28. The molecule has 1 heterocycles. The molecular weight excluding hydrogens is 298 g/mol. The van der Waals surface area contributed by atoms with Crippen molar-refractivity contribution >= 4 is 5.69 Å². The van der Waals surface area contributed by atoms with Crippen LogP contribution in [0.2, 0.25) is 0 Å². The maximum Gasteiger partial charge on any atom is 0.131 e. The molecule has 114 valence electrons. The predicted octanol–water partition coefficient (Wildman–Crippen LogP) is 3.50. The van der Waals surface area contributed by atoms with E-state index in [-0.39, 0.29) is 6.54 Å². The van der Waals surface area contributed by atoms with E-state index >= 15 is 0 Å². The molecule has 1 aromatic heterocycles. The molecule has 2 aromatic carbocycles. The molecule has 0 unspecified atom stereocenters. The van der Waals surface area contributed by atoms with E-state index in [9.17, 15) is 8.78 Å². The van der Waals surface area contributed by atoms with Crippen molar-refractivity contribution in [2.24, 2.45) is 0 Å². The van der Waals surface area contributed by atoms with Crippen LogP contribution < -0.4 is 5.01 Å². The van der Waals surface area contributed by atoms with Gasteiger partial charge in [0.25, 0.3) is 0 Å². The summed E-state index contributed by atoms with van der Waals surface area (Å²) in [6, 6.07) is 12.4. The summed E-state index contributed by atoms with van der Waals surface area (Å²) in [7, 11) is 0. The van der Waals surface area contributed by atoms with Crippen LogP contribution in [0.1, 0.15) is 11.1 Å². The highest BCUT2D eigenvalue weighted by molar-refractivity contribution is 5.50. The van der Waals surface area contributed by atoms with E-state index in [2.05, 4.69) is 11.1 Å². The SMILES string of the molecule is N#Cc1ccc(N(Cc2ccc(F)cc2F)n2ccnc2)cc1. The van der Waals surface area contributed by atoms with Gasteiger partial charge in [-0.1, -0.05) is 6.07 Å². The zero-order chi connectivity index (χ0) is 16.2. The molecule has 0 atom stereocenters. The minimum Gasteiger partial charge on any atom is -0.276 e. The van der Waals surface area contributed by atoms with Gasteiger partial charge in [-0.05, 0) is 30.3 Å². The molecule has 0 N–H and O–H groups in total. The van der Waals surface area contributed by atoms with Crippen LogP contribution >= 0.6 is 0 Å². The Morgan fingerprint density at radius 2 is 1.91 bits per heavy atom. The summed E-state index contributed by atoms with van der Waals surface area (Å²) in [5.41, 5.74) is 1.64. The number of hydrogen-bond donors (Lipinski definition) is 0. The van der Waals surface area contributed by atoms with Crippen LogP contribution in [-0.2, 0) is 6.54 Å². The third-order valence-electron chi connectivity index (χ3n) is 3.40. The lowest BCUT2D eigenvalue weighted by molar-refractivity contribution is 0.563. The molecule has 0 aliphatic rings. The maximum absolute atomic E-state index is 14.0. The highest BCUT2D eigenvalue weighted by atomic mass is 19.1. The average Bonchev–Trinajstić information content (AvgIpc) is 3.08. The van der Waals surface area contributed by atoms with Gasteiger partial charge in [-0.3, -0.25) is 5.01 Å². The van der Waals surface area contributed by atoms with Crippen LogP contribution in [0.3, 0.4) is 0 Å². The minimum atomic E-state index is -0.612. The highest BCUT2D eigenvalue weighted by Crippen LogP contribution is 2.20. The molecule has 0 saturated heterocycles. The Hall–Kier alpha value is -3.20. The quantitative estimate of drug-likeness (QED) is 0.741. The van der Waals surface area contributed by atoms with Crippen LogP contribution in [-0.4, -0.2) is 9.66 Å². The number of nitriles is 1. The van der Waals surface area contributed by atoms with Crippen molar-refractivity contribution < 1.29 is 8.78 Å². The molecule has 0 radical (unpaired) electrons. The van der Waals surface area contributed by atoms with Crippen molar-refractivity contribution in [1.82, 2.24) is 9.66 Å². The van der Waals surface area contributed by atoms with E-state index in [1.807, 2.05) is 0 Å². The third-order valence-corrected chi connectivity index (χ3v) is 3.40. The Labute approximate surface area is 131 Å². The molecule has 0 bridgehead atoms. The minimum absolute atomic E-state index is 0.189. The normalized spacial score (nSPS) is 10.3. The van der Waals surface area contributed by atoms with Crippen molar-refractivity contribution in [3.63, 3.8) is 0 Å². The van der Waals surface area contributed by atoms with E-state index in [4.69, 9.17) is 5.26 Å². The van der Waals surface area contributed by atoms with Gasteiger partial charge in [-0.25, -0.2) is 18.4 Å². The number of benzene rings is 2. The lowest BCUT2D eigenvalue weighted by atomic mass is 10.1. The first kappa shape index (κ1) is 14.7. The standard InChI is InChI=1S/C17H12F2N4/c18-15-4-3-14(17(19)9-15)11-23(22-8-7-21-12-22)16-5-1-13(10-20)2-6-16/h1-9,12H,11H2. The van der Waals surface area contributed by atoms with E-state index in [0.29, 0.717) is 11.1 Å². The van der Waals surface area contributed by atoms with Gasteiger partial charge in [-0.2, -0.15) is 5.26 Å². The summed E-state index contributed by atoms with van der Waals surface area (Å²) in [4.78, 5) is 4.00. The van der Waals surface area contributed by atoms with Crippen LogP contribution in [0.25, 0.3) is 0 Å². The van der Waals surface area contributed by atoms with E-state index in [0.717, 1.165) is 11.8 Å². The first-order chi connectivity index (χ1) is 11.2. The number of imidazole rings is 1. The first-order valence-corrected chi connectivity index (χ1v) is 6.87. The first-order valence-electron chi connectivity index (χ1n) is 6.87. The van der Waals surface area contributed by atoms with E-state index in [1.165, 1.54) is 12.1 Å². The summed E-state index contributed by atoms with van der Waals surface area (Å²) in [6.45, 7) is 0.189. The zero-order valence-electron chi connectivity index (χ0n) is 12.0. The van der Waals surface area contributed by atoms with Gasteiger partial charge in [0, 0.05) is 24.0 Å². The molecule has 0 amide bonds. The third kappa shape index (κ3) is 3.19. The lowest BCUT2D eigenvalue weighted by Gasteiger charge is -2.25. The molecule has 6 heteroatoms. The Morgan fingerprint density at radius 1 is 1.13 bits per heavy atom. The number of nitrogens with zero attached hydrogens (tertiary/aromatic N) is 4. The van der Waals surface area contributed by atoms with Crippen molar-refractivity contribution in [1.29, 1.82) is 5.26 Å². The largest absolute Gasteiger partial charge is 0.276 e. The Kier molecular flexibility index (Phi) is 4.02. The second-order valence-electron chi connectivity index (χ2n) is 4.89. The van der Waals surface area contributed by atoms with Gasteiger partial charge in [0.2, 0.25) is 0 Å². The fraction of sp³-hybridized carbons (Fsp3) is 0.0588. The van der Waals surface area contributed by atoms with Gasteiger partial charge in [-0.15, -0.1) is 0 Å². The number of hydrogen-bond acceptors (Lipinski definition) is 3. The highest BCUT2D eigenvalue weighted by Gasteiger charge is 2.13. The molecule has 0 aliphatic heterocycles. The Bertz CT molecular complexity index is 836. The van der Waals surface area contributed by atoms with Gasteiger partial charge in [0.15, 0.2) is 0 Å². The number of halogens is 2. The van der Waals surface area contributed by atoms with Crippen molar-refractivity contribution in [2.45, 2.75) is 6.54 Å². The topological polar surface area (TPSA) is 44.9 Å². The van der Waals surface area contributed by atoms with Gasteiger partial charge >= 0.3 is 0 Å². The van der Waals surface area contributed by atoms with Crippen molar-refractivity contribution in [3.05, 3.63) is 83.9 Å². The molecule has 0 fully saturated rings. The monoisotopic (exact) mass is 310 g/mol. The zero-order valence-corrected chi connectivity index (χ0v) is 12.0. The average molecular weight is 310 g/mol. The fourth-order valence-corrected chi connectivity index (χ4v) is 2.22. The summed E-state index contributed by atoms with van der Waals surface area (Å²) in [5, 5.41) is 10.7. The molecule has 23 heavy (non-hydrogen) atoms. The predicted molar refractivity (Wildman–Crippen MR) is 81.3 cm³/mol. The molecule has 0 aliphatic carbocycles. The molecular formula is C17H12F2N4. The van der Waals surface area contributed by atoms with Crippen LogP contribution in [0.15, 0.2) is 61.2 Å². The summed E-state index contributed by atoms with van der Waals surface area (Å²) in [5.74, 6) is -1.22. The summed E-state index contributed by atoms with van der Waals surface area (Å²) in [6.07, 6.45) is 4.91. The van der Waals surface area contributed by atoms with Gasteiger partial charge < -0.3 is 0 Å². The van der Waals surface area contributed by atoms with Gasteiger partial charge in [0.1, 0.15) is 18.0 Å². The van der Waals surface area contributed by atoms with Crippen molar-refractivity contribution in [2.75, 3.05) is 5.01 Å². The number of aromatic nitrogens is 2. The Balaban J connectivity index is 1.97. The maximum atomic E-state index is 14.0. The summed E-state index contributed by atoms with van der Waals surface area (Å²) >= 11 is 0. The van der Waals surface area contributed by atoms with E-state index in [1.54, 1.807) is 52.7 Å². The number of anilines is 1. The second-order valence-corrected chi connectivity index (χ2v) is 4.89. The smallest absolute Gasteiger partial charge is 0.131 e.